The van der Waals surface area contributed by atoms with Crippen molar-refractivity contribution in [3.05, 3.63) is 92.3 Å². The molecule has 0 aliphatic heterocycles. The summed E-state index contributed by atoms with van der Waals surface area (Å²) in [5.41, 5.74) is 5.18. The molecule has 6 nitrogen and oxygen atoms in total. The topological polar surface area (TPSA) is 75.1 Å². The van der Waals surface area contributed by atoms with Gasteiger partial charge in [-0.15, -0.1) is 0 Å². The third-order valence-corrected chi connectivity index (χ3v) is 7.77. The van der Waals surface area contributed by atoms with Gasteiger partial charge in [0.2, 0.25) is 0 Å². The van der Waals surface area contributed by atoms with Crippen molar-refractivity contribution in [2.75, 3.05) is 5.32 Å². The lowest BCUT2D eigenvalue weighted by Gasteiger charge is -2.37. The van der Waals surface area contributed by atoms with E-state index in [1.807, 2.05) is 24.3 Å². The summed E-state index contributed by atoms with van der Waals surface area (Å²) in [5, 5.41) is 6.41. The highest BCUT2D eigenvalue weighted by molar-refractivity contribution is 9.10. The molecule has 4 aromatic rings. The normalized spacial score (nSPS) is 19.9. The van der Waals surface area contributed by atoms with Crippen molar-refractivity contribution < 1.29 is 0 Å². The first-order valence-corrected chi connectivity index (χ1v) is 12.8. The Morgan fingerprint density at radius 1 is 1.14 bits per heavy atom. The van der Waals surface area contributed by atoms with Crippen molar-refractivity contribution >= 4 is 27.4 Å². The largest absolute Gasteiger partial charge is 0.379 e. The van der Waals surface area contributed by atoms with Crippen LogP contribution in [0.25, 0.3) is 17.2 Å². The summed E-state index contributed by atoms with van der Waals surface area (Å²) in [7, 11) is 0. The van der Waals surface area contributed by atoms with Crippen molar-refractivity contribution in [2.24, 2.45) is 11.8 Å². The predicted molar refractivity (Wildman–Crippen MR) is 145 cm³/mol. The first-order chi connectivity index (χ1) is 16.8. The highest BCUT2D eigenvalue weighted by Gasteiger charge is 2.42. The fourth-order valence-electron chi connectivity index (χ4n) is 5.52. The number of fused-ring (bicyclic) bond motifs is 1. The maximum absolute atomic E-state index is 12.7. The molecule has 2 N–H and O–H groups in total. The lowest BCUT2D eigenvalue weighted by Crippen LogP contribution is -2.34. The van der Waals surface area contributed by atoms with Crippen LogP contribution in [-0.4, -0.2) is 19.6 Å². The molecule has 0 radical (unpaired) electrons. The zero-order valence-corrected chi connectivity index (χ0v) is 22.1. The molecule has 2 heterocycles. The van der Waals surface area contributed by atoms with Gasteiger partial charge in [-0.05, 0) is 55.0 Å². The molecular formula is C28H30BrN5O. The van der Waals surface area contributed by atoms with Gasteiger partial charge in [0.1, 0.15) is 0 Å². The molecule has 1 aliphatic carbocycles. The highest BCUT2D eigenvalue weighted by atomic mass is 79.9. The minimum atomic E-state index is -0.183. The van der Waals surface area contributed by atoms with E-state index in [-0.39, 0.29) is 11.0 Å². The van der Waals surface area contributed by atoms with E-state index in [0.717, 1.165) is 22.1 Å². The Kier molecular flexibility index (Phi) is 6.13. The number of halogens is 1. The van der Waals surface area contributed by atoms with Crippen LogP contribution in [0.4, 0.5) is 5.69 Å². The van der Waals surface area contributed by atoms with E-state index in [1.165, 1.54) is 21.7 Å². The summed E-state index contributed by atoms with van der Waals surface area (Å²) in [6, 6.07) is 18.0. The number of hydrogen-bond donors (Lipinski definition) is 2. The molecule has 0 spiro atoms. The number of nitrogens with one attached hydrogen (secondary N) is 2. The van der Waals surface area contributed by atoms with Crippen LogP contribution in [-0.2, 0) is 12.0 Å². The molecular weight excluding hydrogens is 502 g/mol. The van der Waals surface area contributed by atoms with Gasteiger partial charge in [0, 0.05) is 27.2 Å². The molecule has 35 heavy (non-hydrogen) atoms. The van der Waals surface area contributed by atoms with Crippen LogP contribution in [0.15, 0.2) is 75.5 Å². The van der Waals surface area contributed by atoms with Crippen LogP contribution in [0.1, 0.15) is 45.4 Å². The third kappa shape index (κ3) is 4.33. The molecule has 0 fully saturated rings. The number of aromatic nitrogens is 4. The van der Waals surface area contributed by atoms with Gasteiger partial charge in [0.15, 0.2) is 5.82 Å². The predicted octanol–water partition coefficient (Wildman–Crippen LogP) is 6.34. The summed E-state index contributed by atoms with van der Waals surface area (Å²) in [5.74, 6) is 2.06. The molecule has 180 valence electrons. The Balaban J connectivity index is 1.42. The number of H-pyrrole nitrogens is 1. The number of nitrogens with zero attached hydrogens (tertiary/aromatic N) is 3. The second-order valence-corrected chi connectivity index (χ2v) is 10.8. The average molecular weight is 532 g/mol. The summed E-state index contributed by atoms with van der Waals surface area (Å²) < 4.78 is 2.41. The van der Waals surface area contributed by atoms with Crippen LogP contribution >= 0.6 is 15.9 Å². The molecule has 5 rings (SSSR count). The van der Waals surface area contributed by atoms with Crippen molar-refractivity contribution in [1.29, 1.82) is 0 Å². The van der Waals surface area contributed by atoms with E-state index >= 15 is 0 Å². The number of allylic oxidation sites excluding steroid dienone is 2. The number of hydrogen-bond acceptors (Lipinski definition) is 4. The van der Waals surface area contributed by atoms with E-state index in [4.69, 9.17) is 0 Å². The highest BCUT2D eigenvalue weighted by Crippen LogP contribution is 2.48. The summed E-state index contributed by atoms with van der Waals surface area (Å²) in [6.07, 6.45) is 3.60. The zero-order valence-electron chi connectivity index (χ0n) is 20.5. The van der Waals surface area contributed by atoms with Gasteiger partial charge in [-0.3, -0.25) is 9.89 Å². The fraction of sp³-hybridized carbons (Fsp3) is 0.321. The van der Waals surface area contributed by atoms with Gasteiger partial charge in [-0.25, -0.2) is 4.98 Å². The molecule has 0 bridgehead atoms. The molecule has 0 amide bonds. The third-order valence-electron chi connectivity index (χ3n) is 7.24. The van der Waals surface area contributed by atoms with Gasteiger partial charge in [0.05, 0.1) is 12.2 Å². The molecule has 2 aromatic heterocycles. The van der Waals surface area contributed by atoms with Gasteiger partial charge >= 0.3 is 0 Å². The van der Waals surface area contributed by atoms with Crippen molar-refractivity contribution in [1.82, 2.24) is 19.6 Å². The second-order valence-electron chi connectivity index (χ2n) is 9.91. The smallest absolute Gasteiger partial charge is 0.274 e. The Morgan fingerprint density at radius 3 is 2.49 bits per heavy atom. The quantitative estimate of drug-likeness (QED) is 0.284. The van der Waals surface area contributed by atoms with E-state index in [2.05, 4.69) is 94.3 Å². The van der Waals surface area contributed by atoms with Crippen LogP contribution in [0.3, 0.4) is 0 Å². The molecule has 1 aliphatic rings. The lowest BCUT2D eigenvalue weighted by molar-refractivity contribution is 0.287. The Labute approximate surface area is 213 Å². The Hall–Kier alpha value is -3.19. The molecule has 0 saturated heterocycles. The van der Waals surface area contributed by atoms with Gasteiger partial charge in [-0.1, -0.05) is 72.6 Å². The molecule has 2 atom stereocenters. The van der Waals surface area contributed by atoms with Crippen LogP contribution in [0.5, 0.6) is 0 Å². The maximum Gasteiger partial charge on any atom is 0.274 e. The van der Waals surface area contributed by atoms with Gasteiger partial charge < -0.3 is 5.32 Å². The van der Waals surface area contributed by atoms with E-state index < -0.39 is 0 Å². The molecule has 7 heteroatoms. The SMILES string of the molecule is CC1=CC(c2ccc(-c3nc4nc(CNc5ccc(Br)cc5)cc(=O)n4[nH]3)cc2)(C(C)C)C(C)C1. The zero-order chi connectivity index (χ0) is 24.7. The monoisotopic (exact) mass is 531 g/mol. The number of benzene rings is 2. The van der Waals surface area contributed by atoms with Gasteiger partial charge in [-0.2, -0.15) is 9.50 Å². The minimum absolute atomic E-state index is 0.0473. The fourth-order valence-corrected chi connectivity index (χ4v) is 5.79. The number of aromatic amines is 1. The van der Waals surface area contributed by atoms with Crippen LogP contribution in [0, 0.1) is 11.8 Å². The first-order valence-electron chi connectivity index (χ1n) is 12.0. The van der Waals surface area contributed by atoms with E-state index in [1.54, 1.807) is 0 Å². The van der Waals surface area contributed by atoms with Crippen LogP contribution < -0.4 is 10.9 Å². The number of anilines is 1. The Morgan fingerprint density at radius 2 is 1.86 bits per heavy atom. The number of rotatable bonds is 6. The summed E-state index contributed by atoms with van der Waals surface area (Å²) >= 11 is 3.44. The summed E-state index contributed by atoms with van der Waals surface area (Å²) in [6.45, 7) is 9.63. The molecule has 0 saturated carbocycles. The van der Waals surface area contributed by atoms with Crippen molar-refractivity contribution in [3.63, 3.8) is 0 Å². The van der Waals surface area contributed by atoms with E-state index in [0.29, 0.717) is 35.7 Å². The minimum Gasteiger partial charge on any atom is -0.379 e. The van der Waals surface area contributed by atoms with E-state index in [9.17, 15) is 4.79 Å². The first kappa shape index (κ1) is 23.5. The average Bonchev–Trinajstić information content (AvgIpc) is 3.40. The maximum atomic E-state index is 12.7. The second kappa shape index (κ2) is 9.11. The van der Waals surface area contributed by atoms with Crippen molar-refractivity contribution in [2.45, 2.75) is 46.1 Å². The lowest BCUT2D eigenvalue weighted by atomic mass is 9.66. The van der Waals surface area contributed by atoms with Gasteiger partial charge in [0.25, 0.3) is 11.3 Å². The summed E-state index contributed by atoms with van der Waals surface area (Å²) in [4.78, 5) is 21.9. The molecule has 2 aromatic carbocycles. The standard InChI is InChI=1S/C28H30BrN5O/c1-17(2)28(15-18(3)13-19(28)4)21-7-5-20(6-8-21)26-32-27-31-24(14-25(35)34(27)33-26)16-30-23-11-9-22(29)10-12-23/h5-12,14-15,17,19,30H,13,16H2,1-4H3,(H,31,32,33). The van der Waals surface area contributed by atoms with Crippen LogP contribution in [0.2, 0.25) is 0 Å². The molecule has 2 unspecified atom stereocenters. The van der Waals surface area contributed by atoms with Crippen molar-refractivity contribution in [3.8, 4) is 11.4 Å². The Bertz CT molecular complexity index is 1450.